The van der Waals surface area contributed by atoms with E-state index in [1.165, 1.54) is 6.20 Å². The summed E-state index contributed by atoms with van der Waals surface area (Å²) >= 11 is 6.31. The minimum atomic E-state index is -4.66. The van der Waals surface area contributed by atoms with Gasteiger partial charge in [0.1, 0.15) is 0 Å². The molecule has 0 bridgehead atoms. The molecule has 186 valence electrons. The van der Waals surface area contributed by atoms with Crippen molar-refractivity contribution in [3.8, 4) is 0 Å². The molecule has 4 aromatic rings. The number of fused-ring (bicyclic) bond motifs is 1. The van der Waals surface area contributed by atoms with Crippen molar-refractivity contribution in [2.45, 2.75) is 24.5 Å². The van der Waals surface area contributed by atoms with Crippen molar-refractivity contribution >= 4 is 56.3 Å². The number of anilines is 2. The van der Waals surface area contributed by atoms with Crippen LogP contribution in [0.1, 0.15) is 16.7 Å². The Kier molecular flexibility index (Phi) is 7.76. The van der Waals surface area contributed by atoms with Crippen LogP contribution in [0.5, 0.6) is 0 Å². The van der Waals surface area contributed by atoms with Crippen LogP contribution in [0.15, 0.2) is 71.8 Å². The molecule has 4 rings (SSSR count). The van der Waals surface area contributed by atoms with Crippen molar-refractivity contribution in [2.75, 3.05) is 12.4 Å². The normalized spacial score (nSPS) is 11.9. The average molecular weight is 544 g/mol. The van der Waals surface area contributed by atoms with Gasteiger partial charge >= 0.3 is 6.18 Å². The Balaban J connectivity index is 0.00000342. The summed E-state index contributed by atoms with van der Waals surface area (Å²) in [5, 5.41) is 7.32. The third-order valence-corrected chi connectivity index (χ3v) is 7.33. The van der Waals surface area contributed by atoms with Crippen LogP contribution < -0.4 is 10.6 Å². The molecule has 1 heterocycles. The second-order valence-corrected chi connectivity index (χ2v) is 10.1. The number of halogens is 5. The molecule has 3 aromatic carbocycles. The fourth-order valence-electron chi connectivity index (χ4n) is 3.70. The van der Waals surface area contributed by atoms with Gasteiger partial charge in [0.15, 0.2) is 0 Å². The fourth-order valence-corrected chi connectivity index (χ4v) is 5.41. The van der Waals surface area contributed by atoms with Crippen molar-refractivity contribution in [1.82, 2.24) is 9.29 Å². The third-order valence-electron chi connectivity index (χ3n) is 5.34. The molecular weight excluding hydrogens is 522 g/mol. The molecule has 0 aliphatic carbocycles. The standard InChI is InChI=1S/C24H21ClF3N3O2S.ClH/c1-15-6-9-22(21(25)10-15)30-18-7-8-20-16(13-29-2)14-31(23(20)12-18)34(32,33)19-5-3-4-17(11-19)24(26,27)28;/h3-12,14,29-30H,13H2,1-2H3;1H. The topological polar surface area (TPSA) is 63.1 Å². The molecule has 2 N–H and O–H groups in total. The molecule has 35 heavy (non-hydrogen) atoms. The van der Waals surface area contributed by atoms with Crippen molar-refractivity contribution in [3.63, 3.8) is 0 Å². The first-order valence-corrected chi connectivity index (χ1v) is 12.1. The average Bonchev–Trinajstić information content (AvgIpc) is 3.14. The molecule has 5 nitrogen and oxygen atoms in total. The van der Waals surface area contributed by atoms with Gasteiger partial charge in [0.05, 0.1) is 26.7 Å². The highest BCUT2D eigenvalue weighted by atomic mass is 35.5. The highest BCUT2D eigenvalue weighted by Gasteiger charge is 2.32. The number of aromatic nitrogens is 1. The molecule has 0 spiro atoms. The highest BCUT2D eigenvalue weighted by molar-refractivity contribution is 7.90. The van der Waals surface area contributed by atoms with E-state index in [-0.39, 0.29) is 12.4 Å². The van der Waals surface area contributed by atoms with Crippen molar-refractivity contribution < 1.29 is 21.6 Å². The Labute approximate surface area is 212 Å². The number of alkyl halides is 3. The summed E-state index contributed by atoms with van der Waals surface area (Å²) < 4.78 is 67.5. The molecule has 0 aliphatic heterocycles. The van der Waals surface area contributed by atoms with Gasteiger partial charge in [0.25, 0.3) is 10.0 Å². The number of nitrogens with zero attached hydrogens (tertiary/aromatic N) is 1. The van der Waals surface area contributed by atoms with Crippen LogP contribution in [0, 0.1) is 6.92 Å². The van der Waals surface area contributed by atoms with Gasteiger partial charge in [-0.25, -0.2) is 12.4 Å². The Bertz CT molecular complexity index is 1490. The van der Waals surface area contributed by atoms with E-state index in [1.807, 2.05) is 19.1 Å². The van der Waals surface area contributed by atoms with Crippen LogP contribution in [-0.4, -0.2) is 19.4 Å². The first-order chi connectivity index (χ1) is 16.0. The minimum absolute atomic E-state index is 0. The van der Waals surface area contributed by atoms with E-state index in [0.29, 0.717) is 45.5 Å². The number of hydrogen-bond acceptors (Lipinski definition) is 4. The predicted molar refractivity (Wildman–Crippen MR) is 135 cm³/mol. The minimum Gasteiger partial charge on any atom is -0.354 e. The van der Waals surface area contributed by atoms with Crippen LogP contribution >= 0.6 is 24.0 Å². The molecule has 0 saturated carbocycles. The molecular formula is C24H22Cl2F3N3O2S. The maximum Gasteiger partial charge on any atom is 0.416 e. The van der Waals surface area contributed by atoms with Gasteiger partial charge < -0.3 is 10.6 Å². The van der Waals surface area contributed by atoms with Gasteiger partial charge in [0.2, 0.25) is 0 Å². The number of aryl methyl sites for hydroxylation is 1. The van der Waals surface area contributed by atoms with Gasteiger partial charge in [0, 0.05) is 23.8 Å². The van der Waals surface area contributed by atoms with Gasteiger partial charge in [-0.2, -0.15) is 13.2 Å². The van der Waals surface area contributed by atoms with Crippen LogP contribution in [0.2, 0.25) is 5.02 Å². The first kappa shape index (κ1) is 26.9. The lowest BCUT2D eigenvalue weighted by atomic mass is 10.1. The van der Waals surface area contributed by atoms with Crippen molar-refractivity contribution in [1.29, 1.82) is 0 Å². The Hall–Kier alpha value is -2.72. The zero-order valence-electron chi connectivity index (χ0n) is 18.7. The largest absolute Gasteiger partial charge is 0.416 e. The van der Waals surface area contributed by atoms with E-state index >= 15 is 0 Å². The van der Waals surface area contributed by atoms with E-state index < -0.39 is 26.7 Å². The SMILES string of the molecule is CNCc1cn(S(=O)(=O)c2cccc(C(F)(F)F)c2)c2cc(Nc3ccc(C)cc3Cl)ccc12.Cl. The summed E-state index contributed by atoms with van der Waals surface area (Å²) in [6.07, 6.45) is -3.23. The zero-order chi connectivity index (χ0) is 24.7. The predicted octanol–water partition coefficient (Wildman–Crippen LogP) is 6.74. The summed E-state index contributed by atoms with van der Waals surface area (Å²) in [7, 11) is -2.59. The Morgan fingerprint density at radius 1 is 1.03 bits per heavy atom. The quantitative estimate of drug-likeness (QED) is 0.282. The number of nitrogens with one attached hydrogen (secondary N) is 2. The van der Waals surface area contributed by atoms with Crippen LogP contribution in [0.3, 0.4) is 0 Å². The lowest BCUT2D eigenvalue weighted by Gasteiger charge is -2.12. The molecule has 1 aromatic heterocycles. The van der Waals surface area contributed by atoms with E-state index in [2.05, 4.69) is 10.6 Å². The fraction of sp³-hybridized carbons (Fsp3) is 0.167. The monoisotopic (exact) mass is 543 g/mol. The van der Waals surface area contributed by atoms with E-state index in [0.717, 1.165) is 27.7 Å². The van der Waals surface area contributed by atoms with Crippen LogP contribution in [-0.2, 0) is 22.7 Å². The maximum absolute atomic E-state index is 13.4. The van der Waals surface area contributed by atoms with Gasteiger partial charge in [-0.15, -0.1) is 12.4 Å². The van der Waals surface area contributed by atoms with Gasteiger partial charge in [-0.3, -0.25) is 0 Å². The molecule has 0 radical (unpaired) electrons. The molecule has 0 aliphatic rings. The summed E-state index contributed by atoms with van der Waals surface area (Å²) in [6, 6.07) is 14.4. The van der Waals surface area contributed by atoms with Gasteiger partial charge in [-0.05, 0) is 67.6 Å². The third kappa shape index (κ3) is 5.43. The first-order valence-electron chi connectivity index (χ1n) is 10.3. The zero-order valence-corrected chi connectivity index (χ0v) is 21.0. The van der Waals surface area contributed by atoms with Crippen LogP contribution in [0.4, 0.5) is 24.5 Å². The Morgan fingerprint density at radius 2 is 1.77 bits per heavy atom. The lowest BCUT2D eigenvalue weighted by molar-refractivity contribution is -0.137. The summed E-state index contributed by atoms with van der Waals surface area (Å²) in [6.45, 7) is 2.29. The molecule has 0 fully saturated rings. The second kappa shape index (κ2) is 10.1. The highest BCUT2D eigenvalue weighted by Crippen LogP contribution is 2.34. The van der Waals surface area contributed by atoms with Crippen molar-refractivity contribution in [2.24, 2.45) is 0 Å². The van der Waals surface area contributed by atoms with E-state index in [4.69, 9.17) is 11.6 Å². The molecule has 0 amide bonds. The summed E-state index contributed by atoms with van der Waals surface area (Å²) in [5.41, 5.74) is 2.19. The molecule has 0 saturated heterocycles. The van der Waals surface area contributed by atoms with Gasteiger partial charge in [-0.1, -0.05) is 29.8 Å². The number of hydrogen-bond donors (Lipinski definition) is 2. The molecule has 11 heteroatoms. The second-order valence-electron chi connectivity index (χ2n) is 7.85. The maximum atomic E-state index is 13.4. The van der Waals surface area contributed by atoms with Crippen molar-refractivity contribution in [3.05, 3.63) is 88.6 Å². The van der Waals surface area contributed by atoms with Crippen LogP contribution in [0.25, 0.3) is 10.9 Å². The molecule has 0 unspecified atom stereocenters. The van der Waals surface area contributed by atoms with E-state index in [1.54, 1.807) is 31.3 Å². The smallest absolute Gasteiger partial charge is 0.354 e. The Morgan fingerprint density at radius 3 is 2.43 bits per heavy atom. The summed E-state index contributed by atoms with van der Waals surface area (Å²) in [5.74, 6) is 0. The number of benzene rings is 3. The lowest BCUT2D eigenvalue weighted by Crippen LogP contribution is -2.14. The molecule has 0 atom stereocenters. The summed E-state index contributed by atoms with van der Waals surface area (Å²) in [4.78, 5) is -0.449. The van der Waals surface area contributed by atoms with E-state index in [9.17, 15) is 21.6 Å². The number of rotatable bonds is 6.